The van der Waals surface area contributed by atoms with Crippen molar-refractivity contribution in [2.45, 2.75) is 19.3 Å². The lowest BCUT2D eigenvalue weighted by Crippen LogP contribution is -2.34. The van der Waals surface area contributed by atoms with Crippen molar-refractivity contribution in [3.8, 4) is 6.07 Å². The Bertz CT molecular complexity index is 901. The maximum atomic E-state index is 12.7. The zero-order valence-electron chi connectivity index (χ0n) is 15.1. The van der Waals surface area contributed by atoms with Crippen molar-refractivity contribution in [3.63, 3.8) is 0 Å². The number of hydrogen-bond acceptors (Lipinski definition) is 3. The van der Waals surface area contributed by atoms with E-state index < -0.39 is 0 Å². The molecule has 2 amide bonds. The Balaban J connectivity index is 1.43. The van der Waals surface area contributed by atoms with Gasteiger partial charge in [-0.25, -0.2) is 0 Å². The van der Waals surface area contributed by atoms with Crippen LogP contribution in [0.2, 0.25) is 0 Å². The predicted molar refractivity (Wildman–Crippen MR) is 102 cm³/mol. The summed E-state index contributed by atoms with van der Waals surface area (Å²) in [7, 11) is 0. The minimum absolute atomic E-state index is 0.0945. The highest BCUT2D eigenvalue weighted by Crippen LogP contribution is 2.42. The van der Waals surface area contributed by atoms with Gasteiger partial charge >= 0.3 is 0 Å². The molecule has 2 aliphatic rings. The molecule has 0 unspecified atom stereocenters. The SMILES string of the molecule is N#Cc1ccc(N2C[C@]3(CCN(C(=O)Cc4ccccc4)C3)CC2=O)cc1. The zero-order valence-corrected chi connectivity index (χ0v) is 15.1. The zero-order chi connectivity index (χ0) is 18.9. The second kappa shape index (κ2) is 6.88. The average molecular weight is 359 g/mol. The first-order chi connectivity index (χ1) is 13.1. The highest BCUT2D eigenvalue weighted by Gasteiger charge is 2.48. The number of nitrogens with zero attached hydrogens (tertiary/aromatic N) is 3. The second-order valence-corrected chi connectivity index (χ2v) is 7.54. The minimum atomic E-state index is -0.155. The van der Waals surface area contributed by atoms with Crippen LogP contribution >= 0.6 is 0 Å². The largest absolute Gasteiger partial charge is 0.342 e. The Hall–Kier alpha value is -3.13. The van der Waals surface area contributed by atoms with Gasteiger partial charge in [-0.05, 0) is 36.2 Å². The van der Waals surface area contributed by atoms with Crippen molar-refractivity contribution < 1.29 is 9.59 Å². The van der Waals surface area contributed by atoms with Crippen LogP contribution in [0.25, 0.3) is 0 Å². The number of likely N-dealkylation sites (tertiary alicyclic amines) is 1. The van der Waals surface area contributed by atoms with Gasteiger partial charge in [0.1, 0.15) is 0 Å². The molecule has 0 aromatic heterocycles. The lowest BCUT2D eigenvalue weighted by molar-refractivity contribution is -0.130. The second-order valence-electron chi connectivity index (χ2n) is 7.54. The first-order valence-electron chi connectivity index (χ1n) is 9.21. The number of benzene rings is 2. The van der Waals surface area contributed by atoms with E-state index in [9.17, 15) is 9.59 Å². The number of anilines is 1. The Morgan fingerprint density at radius 1 is 1.07 bits per heavy atom. The Labute approximate surface area is 158 Å². The molecule has 0 saturated carbocycles. The number of amides is 2. The van der Waals surface area contributed by atoms with Crippen LogP contribution in [0.4, 0.5) is 5.69 Å². The summed E-state index contributed by atoms with van der Waals surface area (Å²) >= 11 is 0. The van der Waals surface area contributed by atoms with Crippen LogP contribution in [0.15, 0.2) is 54.6 Å². The van der Waals surface area contributed by atoms with Crippen molar-refractivity contribution in [1.82, 2.24) is 4.90 Å². The molecule has 4 rings (SSSR count). The number of carbonyl (C=O) groups is 2. The van der Waals surface area contributed by atoms with Gasteiger partial charge in [-0.2, -0.15) is 5.26 Å². The summed E-state index contributed by atoms with van der Waals surface area (Å²) in [6, 6.07) is 19.0. The van der Waals surface area contributed by atoms with E-state index in [1.807, 2.05) is 47.4 Å². The third-order valence-electron chi connectivity index (χ3n) is 5.62. The monoisotopic (exact) mass is 359 g/mol. The summed E-state index contributed by atoms with van der Waals surface area (Å²) in [6.45, 7) is 1.98. The summed E-state index contributed by atoms with van der Waals surface area (Å²) in [4.78, 5) is 29.0. The van der Waals surface area contributed by atoms with E-state index >= 15 is 0 Å². The lowest BCUT2D eigenvalue weighted by Gasteiger charge is -2.24. The Morgan fingerprint density at radius 2 is 1.81 bits per heavy atom. The number of hydrogen-bond donors (Lipinski definition) is 0. The van der Waals surface area contributed by atoms with Gasteiger partial charge in [0.15, 0.2) is 0 Å². The molecule has 2 fully saturated rings. The van der Waals surface area contributed by atoms with Crippen LogP contribution in [0, 0.1) is 16.7 Å². The number of rotatable bonds is 3. The molecule has 2 aromatic carbocycles. The third-order valence-corrected chi connectivity index (χ3v) is 5.62. The van der Waals surface area contributed by atoms with Crippen LogP contribution in [-0.4, -0.2) is 36.3 Å². The molecular weight excluding hydrogens is 338 g/mol. The van der Waals surface area contributed by atoms with E-state index in [-0.39, 0.29) is 17.2 Å². The van der Waals surface area contributed by atoms with E-state index in [0.717, 1.165) is 17.7 Å². The lowest BCUT2D eigenvalue weighted by atomic mass is 9.86. The van der Waals surface area contributed by atoms with Gasteiger partial charge in [0.25, 0.3) is 0 Å². The normalized spacial score (nSPS) is 21.7. The molecule has 27 heavy (non-hydrogen) atoms. The highest BCUT2D eigenvalue weighted by atomic mass is 16.2. The molecule has 0 N–H and O–H groups in total. The molecule has 1 spiro atoms. The standard InChI is InChI=1S/C22H21N3O2/c23-14-18-6-8-19(9-7-18)25-16-22(13-21(25)27)10-11-24(15-22)20(26)12-17-4-2-1-3-5-17/h1-9H,10-13,15-16H2/t22-/m1/s1. The molecule has 1 atom stereocenters. The molecule has 0 bridgehead atoms. The summed E-state index contributed by atoms with van der Waals surface area (Å²) in [5.74, 6) is 0.222. The molecule has 5 heteroatoms. The summed E-state index contributed by atoms with van der Waals surface area (Å²) < 4.78 is 0. The van der Waals surface area contributed by atoms with Gasteiger partial charge in [-0.3, -0.25) is 9.59 Å². The molecule has 2 aromatic rings. The van der Waals surface area contributed by atoms with Crippen LogP contribution < -0.4 is 4.90 Å². The van der Waals surface area contributed by atoms with Crippen LogP contribution in [0.1, 0.15) is 24.0 Å². The summed E-state index contributed by atoms with van der Waals surface area (Å²) in [5.41, 5.74) is 2.27. The van der Waals surface area contributed by atoms with Crippen molar-refractivity contribution in [3.05, 3.63) is 65.7 Å². The minimum Gasteiger partial charge on any atom is -0.342 e. The third kappa shape index (κ3) is 3.43. The number of carbonyl (C=O) groups excluding carboxylic acids is 2. The highest BCUT2D eigenvalue weighted by molar-refractivity contribution is 5.96. The van der Waals surface area contributed by atoms with Crippen LogP contribution in [0.5, 0.6) is 0 Å². The van der Waals surface area contributed by atoms with Crippen molar-refractivity contribution in [2.75, 3.05) is 24.5 Å². The molecular formula is C22H21N3O2. The van der Waals surface area contributed by atoms with Crippen molar-refractivity contribution in [1.29, 1.82) is 5.26 Å². The quantitative estimate of drug-likeness (QED) is 0.846. The van der Waals surface area contributed by atoms with Crippen molar-refractivity contribution in [2.24, 2.45) is 5.41 Å². The maximum absolute atomic E-state index is 12.7. The van der Waals surface area contributed by atoms with Gasteiger partial charge in [0, 0.05) is 37.2 Å². The summed E-state index contributed by atoms with van der Waals surface area (Å²) in [5, 5.41) is 8.93. The molecule has 2 aliphatic heterocycles. The Kier molecular flexibility index (Phi) is 4.41. The first kappa shape index (κ1) is 17.3. The fourth-order valence-corrected chi connectivity index (χ4v) is 4.15. The Morgan fingerprint density at radius 3 is 2.52 bits per heavy atom. The van der Waals surface area contributed by atoms with Crippen molar-refractivity contribution >= 4 is 17.5 Å². The van der Waals surface area contributed by atoms with E-state index in [0.29, 0.717) is 38.0 Å². The smallest absolute Gasteiger partial charge is 0.227 e. The average Bonchev–Trinajstić information content (AvgIpc) is 3.25. The molecule has 0 radical (unpaired) electrons. The van der Waals surface area contributed by atoms with Gasteiger partial charge in [0.2, 0.25) is 11.8 Å². The molecule has 2 heterocycles. The van der Waals surface area contributed by atoms with Crippen LogP contribution in [-0.2, 0) is 16.0 Å². The van der Waals surface area contributed by atoms with E-state index in [1.165, 1.54) is 0 Å². The fraction of sp³-hybridized carbons (Fsp3) is 0.318. The fourth-order valence-electron chi connectivity index (χ4n) is 4.15. The predicted octanol–water partition coefficient (Wildman–Crippen LogP) is 2.76. The molecule has 5 nitrogen and oxygen atoms in total. The molecule has 136 valence electrons. The van der Waals surface area contributed by atoms with Gasteiger partial charge in [-0.1, -0.05) is 30.3 Å². The topological polar surface area (TPSA) is 64.4 Å². The molecule has 2 saturated heterocycles. The van der Waals surface area contributed by atoms with E-state index in [4.69, 9.17) is 5.26 Å². The van der Waals surface area contributed by atoms with Gasteiger partial charge < -0.3 is 9.80 Å². The number of nitriles is 1. The first-order valence-corrected chi connectivity index (χ1v) is 9.21. The van der Waals surface area contributed by atoms with E-state index in [2.05, 4.69) is 6.07 Å². The maximum Gasteiger partial charge on any atom is 0.227 e. The van der Waals surface area contributed by atoms with Crippen LogP contribution in [0.3, 0.4) is 0 Å². The summed E-state index contributed by atoms with van der Waals surface area (Å²) in [6.07, 6.45) is 1.73. The van der Waals surface area contributed by atoms with E-state index in [1.54, 1.807) is 17.0 Å². The van der Waals surface area contributed by atoms with Gasteiger partial charge in [-0.15, -0.1) is 0 Å². The molecule has 0 aliphatic carbocycles. The van der Waals surface area contributed by atoms with Gasteiger partial charge in [0.05, 0.1) is 18.1 Å².